The van der Waals surface area contributed by atoms with Gasteiger partial charge in [-0.15, -0.1) is 0 Å². The van der Waals surface area contributed by atoms with E-state index in [0.717, 1.165) is 24.6 Å². The highest BCUT2D eigenvalue weighted by Gasteiger charge is 2.41. The summed E-state index contributed by atoms with van der Waals surface area (Å²) in [5.41, 5.74) is 0. The molecule has 0 aliphatic carbocycles. The molecule has 2 aliphatic heterocycles. The molecule has 0 radical (unpaired) electrons. The molecule has 0 aromatic rings. The van der Waals surface area contributed by atoms with Crippen LogP contribution in [0, 0.1) is 0 Å². The molecule has 0 N–H and O–H groups in total. The Kier molecular flexibility index (Phi) is 4.96. The van der Waals surface area contributed by atoms with Crippen molar-refractivity contribution < 1.29 is 16.8 Å². The Bertz CT molecular complexity index is 503. The van der Waals surface area contributed by atoms with E-state index in [1.807, 2.05) is 0 Å². The van der Waals surface area contributed by atoms with Crippen molar-refractivity contribution in [1.29, 1.82) is 0 Å². The number of sulfonamides is 1. The molecule has 0 spiro atoms. The van der Waals surface area contributed by atoms with Gasteiger partial charge in [0.2, 0.25) is 10.0 Å². The van der Waals surface area contributed by atoms with Gasteiger partial charge in [0.05, 0.1) is 16.8 Å². The zero-order valence-corrected chi connectivity index (χ0v) is 14.0. The quantitative estimate of drug-likeness (QED) is 0.692. The second-order valence-electron chi connectivity index (χ2n) is 5.28. The van der Waals surface area contributed by atoms with Gasteiger partial charge in [-0.3, -0.25) is 0 Å². The number of rotatable bonds is 4. The second-order valence-corrected chi connectivity index (χ2v) is 10.5. The van der Waals surface area contributed by atoms with Crippen LogP contribution in [0.1, 0.15) is 32.1 Å². The molecule has 0 amide bonds. The lowest BCUT2D eigenvalue weighted by atomic mass is 10.2. The summed E-state index contributed by atoms with van der Waals surface area (Å²) in [5, 5.41) is 0.287. The highest BCUT2D eigenvalue weighted by Crippen LogP contribution is 2.30. The normalized spacial score (nSPS) is 29.6. The fraction of sp³-hybridized carbons (Fsp3) is 1.00. The zero-order valence-electron chi connectivity index (χ0n) is 10.8. The Morgan fingerprint density at radius 2 is 1.79 bits per heavy atom. The van der Waals surface area contributed by atoms with Crippen LogP contribution in [0.4, 0.5) is 0 Å². The van der Waals surface area contributed by atoms with Gasteiger partial charge in [0.1, 0.15) is 9.84 Å². The maximum atomic E-state index is 12.6. The van der Waals surface area contributed by atoms with Crippen LogP contribution >= 0.6 is 15.9 Å². The number of sulfone groups is 1. The Balaban J connectivity index is 2.10. The first-order chi connectivity index (χ1) is 8.87. The van der Waals surface area contributed by atoms with E-state index in [4.69, 9.17) is 0 Å². The van der Waals surface area contributed by atoms with Crippen LogP contribution in [-0.4, -0.2) is 55.8 Å². The maximum Gasteiger partial charge on any atom is 0.217 e. The van der Waals surface area contributed by atoms with E-state index in [2.05, 4.69) is 15.9 Å². The first kappa shape index (κ1) is 15.7. The van der Waals surface area contributed by atoms with Crippen molar-refractivity contribution in [1.82, 2.24) is 4.31 Å². The average molecular weight is 374 g/mol. The number of nitrogens with zero attached hydrogens (tertiary/aromatic N) is 1. The highest BCUT2D eigenvalue weighted by molar-refractivity contribution is 9.09. The van der Waals surface area contributed by atoms with Crippen LogP contribution in [0.25, 0.3) is 0 Å². The van der Waals surface area contributed by atoms with Gasteiger partial charge in [0.25, 0.3) is 0 Å². The SMILES string of the molecule is O=S1(=O)CCC(S(=O)(=O)N2CCCC2CCBr)CC1. The van der Waals surface area contributed by atoms with Crippen molar-refractivity contribution in [2.24, 2.45) is 0 Å². The van der Waals surface area contributed by atoms with Gasteiger partial charge in [-0.1, -0.05) is 15.9 Å². The molecule has 1 unspecified atom stereocenters. The lowest BCUT2D eigenvalue weighted by molar-refractivity contribution is 0.373. The van der Waals surface area contributed by atoms with E-state index >= 15 is 0 Å². The third-order valence-electron chi connectivity index (χ3n) is 4.02. The number of alkyl halides is 1. The molecule has 0 saturated carbocycles. The standard InChI is InChI=1S/C11H20BrNO4S2/c12-6-3-10-2-1-7-13(10)19(16,17)11-4-8-18(14,15)9-5-11/h10-11H,1-9H2. The van der Waals surface area contributed by atoms with Gasteiger partial charge in [0.15, 0.2) is 0 Å². The van der Waals surface area contributed by atoms with Gasteiger partial charge in [-0.25, -0.2) is 16.8 Å². The van der Waals surface area contributed by atoms with Crippen LogP contribution in [-0.2, 0) is 19.9 Å². The van der Waals surface area contributed by atoms with Crippen LogP contribution < -0.4 is 0 Å². The van der Waals surface area contributed by atoms with Gasteiger partial charge in [-0.2, -0.15) is 4.31 Å². The average Bonchev–Trinajstić information content (AvgIpc) is 2.78. The first-order valence-electron chi connectivity index (χ1n) is 6.64. The van der Waals surface area contributed by atoms with Crippen molar-refractivity contribution in [2.75, 3.05) is 23.4 Å². The Morgan fingerprint density at radius 1 is 1.16 bits per heavy atom. The van der Waals surface area contributed by atoms with E-state index in [1.54, 1.807) is 4.31 Å². The lowest BCUT2D eigenvalue weighted by Gasteiger charge is -2.30. The Hall–Kier alpha value is 0.340. The fourth-order valence-electron chi connectivity index (χ4n) is 2.92. The van der Waals surface area contributed by atoms with Crippen molar-refractivity contribution in [3.05, 3.63) is 0 Å². The van der Waals surface area contributed by atoms with Gasteiger partial charge < -0.3 is 0 Å². The van der Waals surface area contributed by atoms with E-state index < -0.39 is 25.1 Å². The van der Waals surface area contributed by atoms with Crippen molar-refractivity contribution in [2.45, 2.75) is 43.4 Å². The molecule has 1 atom stereocenters. The molecular formula is C11H20BrNO4S2. The van der Waals surface area contributed by atoms with Crippen molar-refractivity contribution in [3.63, 3.8) is 0 Å². The molecule has 19 heavy (non-hydrogen) atoms. The predicted molar refractivity (Wildman–Crippen MR) is 78.7 cm³/mol. The highest BCUT2D eigenvalue weighted by atomic mass is 79.9. The first-order valence-corrected chi connectivity index (χ1v) is 11.1. The van der Waals surface area contributed by atoms with Crippen LogP contribution in [0.5, 0.6) is 0 Å². The number of halogens is 1. The Morgan fingerprint density at radius 3 is 2.37 bits per heavy atom. The smallest absolute Gasteiger partial charge is 0.217 e. The number of hydrogen-bond acceptors (Lipinski definition) is 4. The second kappa shape index (κ2) is 5.99. The minimum Gasteiger partial charge on any atom is -0.229 e. The molecule has 2 aliphatic rings. The van der Waals surface area contributed by atoms with Crippen LogP contribution in [0.2, 0.25) is 0 Å². The van der Waals surface area contributed by atoms with E-state index in [0.29, 0.717) is 6.54 Å². The van der Waals surface area contributed by atoms with Crippen LogP contribution in [0.15, 0.2) is 0 Å². The van der Waals surface area contributed by atoms with E-state index in [9.17, 15) is 16.8 Å². The monoisotopic (exact) mass is 373 g/mol. The molecule has 2 saturated heterocycles. The molecule has 0 aromatic carbocycles. The minimum absolute atomic E-state index is 0.00779. The molecule has 2 heterocycles. The molecule has 2 rings (SSSR count). The number of hydrogen-bond donors (Lipinski definition) is 0. The summed E-state index contributed by atoms with van der Waals surface area (Å²) in [6.07, 6.45) is 3.15. The summed E-state index contributed by atoms with van der Waals surface area (Å²) in [4.78, 5) is 0. The van der Waals surface area contributed by atoms with Gasteiger partial charge >= 0.3 is 0 Å². The zero-order chi connectivity index (χ0) is 14.1. The summed E-state index contributed by atoms with van der Waals surface area (Å²) < 4.78 is 49.6. The molecule has 5 nitrogen and oxygen atoms in total. The van der Waals surface area contributed by atoms with Crippen LogP contribution in [0.3, 0.4) is 0 Å². The van der Waals surface area contributed by atoms with Gasteiger partial charge in [-0.05, 0) is 32.1 Å². The molecular weight excluding hydrogens is 354 g/mol. The predicted octanol–water partition coefficient (Wildman–Crippen LogP) is 1.14. The molecule has 0 aromatic heterocycles. The molecule has 112 valence electrons. The molecule has 8 heteroatoms. The minimum atomic E-state index is -3.34. The third-order valence-corrected chi connectivity index (χ3v) is 8.64. The lowest BCUT2D eigenvalue weighted by Crippen LogP contribution is -2.44. The maximum absolute atomic E-state index is 12.6. The summed E-state index contributed by atoms with van der Waals surface area (Å²) >= 11 is 3.36. The Labute approximate surface area is 123 Å². The molecule has 0 bridgehead atoms. The largest absolute Gasteiger partial charge is 0.229 e. The van der Waals surface area contributed by atoms with Gasteiger partial charge in [0, 0.05) is 17.9 Å². The summed E-state index contributed by atoms with van der Waals surface area (Å²) in [6.45, 7) is 0.587. The van der Waals surface area contributed by atoms with E-state index in [1.165, 1.54) is 0 Å². The third kappa shape index (κ3) is 3.51. The topological polar surface area (TPSA) is 71.5 Å². The summed E-state index contributed by atoms with van der Waals surface area (Å²) in [5.74, 6) is 0.0156. The summed E-state index contributed by atoms with van der Waals surface area (Å²) in [7, 11) is -6.35. The van der Waals surface area contributed by atoms with Crippen molar-refractivity contribution in [3.8, 4) is 0 Å². The summed E-state index contributed by atoms with van der Waals surface area (Å²) in [6, 6.07) is 0.0860. The molecule has 2 fully saturated rings. The fourth-order valence-corrected chi connectivity index (χ4v) is 7.46. The van der Waals surface area contributed by atoms with Crippen molar-refractivity contribution >= 4 is 35.8 Å². The van der Waals surface area contributed by atoms with E-state index in [-0.39, 0.29) is 30.4 Å².